The molecule has 1 N–H and O–H groups in total. The van der Waals surface area contributed by atoms with Crippen molar-refractivity contribution in [1.29, 1.82) is 0 Å². The quantitative estimate of drug-likeness (QED) is 0.218. The van der Waals surface area contributed by atoms with Gasteiger partial charge in [-0.05, 0) is 67.8 Å². The lowest BCUT2D eigenvalue weighted by atomic mass is 9.88. The number of ketones is 1. The van der Waals surface area contributed by atoms with Crippen molar-refractivity contribution in [1.82, 2.24) is 9.55 Å². The zero-order valence-corrected chi connectivity index (χ0v) is 24.6. The molecule has 0 unspecified atom stereocenters. The van der Waals surface area contributed by atoms with E-state index in [2.05, 4.69) is 4.98 Å². The number of pyridine rings is 1. The molecule has 0 bridgehead atoms. The molecule has 0 fully saturated rings. The van der Waals surface area contributed by atoms with Gasteiger partial charge in [-0.2, -0.15) is 0 Å². The van der Waals surface area contributed by atoms with Crippen molar-refractivity contribution in [3.05, 3.63) is 93.2 Å². The Hall–Kier alpha value is -3.77. The predicted octanol–water partition coefficient (Wildman–Crippen LogP) is 3.29. The number of aromatic nitrogens is 1. The molecule has 3 aromatic rings. The highest BCUT2D eigenvalue weighted by molar-refractivity contribution is 7.89. The van der Waals surface area contributed by atoms with E-state index in [0.717, 1.165) is 18.4 Å². The third-order valence-electron chi connectivity index (χ3n) is 5.81. The van der Waals surface area contributed by atoms with E-state index in [1.54, 1.807) is 20.8 Å². The maximum atomic E-state index is 13.6. The van der Waals surface area contributed by atoms with Crippen molar-refractivity contribution in [2.75, 3.05) is 6.26 Å². The number of aryl methyl sites for hydroxylation is 1. The van der Waals surface area contributed by atoms with Gasteiger partial charge in [-0.1, -0.05) is 12.1 Å². The van der Waals surface area contributed by atoms with Gasteiger partial charge in [0.15, 0.2) is 15.6 Å². The van der Waals surface area contributed by atoms with Crippen LogP contribution in [-0.4, -0.2) is 46.2 Å². The monoisotopic (exact) mass is 585 g/mol. The summed E-state index contributed by atoms with van der Waals surface area (Å²) in [7, 11) is -2.98. The number of rotatable bonds is 10. The van der Waals surface area contributed by atoms with Gasteiger partial charge in [0.1, 0.15) is 11.4 Å². The highest BCUT2D eigenvalue weighted by Crippen LogP contribution is 2.34. The van der Waals surface area contributed by atoms with E-state index >= 15 is 0 Å². The molecule has 1 radical (unpaired) electrons. The number of halogens is 1. The lowest BCUT2D eigenvalue weighted by Gasteiger charge is -2.24. The van der Waals surface area contributed by atoms with Gasteiger partial charge in [0.25, 0.3) is 5.56 Å². The lowest BCUT2D eigenvalue weighted by molar-refractivity contribution is -0.155. The summed E-state index contributed by atoms with van der Waals surface area (Å²) in [6.07, 6.45) is 2.27. The molecule has 1 heterocycles. The van der Waals surface area contributed by atoms with E-state index in [1.165, 1.54) is 54.2 Å². The van der Waals surface area contributed by atoms with Gasteiger partial charge >= 0.3 is 15.5 Å². The Bertz CT molecular complexity index is 1610. The second-order valence-corrected chi connectivity index (χ2v) is 13.1. The molecule has 0 amide bonds. The van der Waals surface area contributed by atoms with Crippen LogP contribution < -0.4 is 10.5 Å². The summed E-state index contributed by atoms with van der Waals surface area (Å²) in [5.74, 6) is -1.91. The Morgan fingerprint density at radius 3 is 2.30 bits per heavy atom. The molecule has 40 heavy (non-hydrogen) atoms. The highest BCUT2D eigenvalue weighted by Gasteiger charge is 2.27. The summed E-state index contributed by atoms with van der Waals surface area (Å²) >= 11 is 0. The number of carbonyl (C=O) groups excluding carboxylic acids is 2. The van der Waals surface area contributed by atoms with Crippen LogP contribution in [0.5, 0.6) is 0 Å². The molecule has 9 nitrogen and oxygen atoms in total. The highest BCUT2D eigenvalue weighted by atomic mass is 32.2. The molecule has 0 aliphatic carbocycles. The van der Waals surface area contributed by atoms with E-state index < -0.39 is 54.2 Å². The van der Waals surface area contributed by atoms with Crippen LogP contribution in [0.4, 0.5) is 4.39 Å². The van der Waals surface area contributed by atoms with Gasteiger partial charge in [-0.25, -0.2) is 12.8 Å². The SMILES string of the molecule is Cn1cc(-c2cc(CS(C)(=O)=O)ccc2C(=O)c2ccc(F)cc2)c([C@H](CC(=O)OC(C)(C)C)N[Si]=O)cc1=O. The number of hydrogen-bond donors (Lipinski definition) is 1. The molecule has 0 saturated carbocycles. The van der Waals surface area contributed by atoms with Gasteiger partial charge in [-0.3, -0.25) is 14.4 Å². The number of nitrogens with one attached hydrogen (secondary N) is 1. The minimum atomic E-state index is -3.44. The number of hydrogen-bond acceptors (Lipinski definition) is 7. The molecule has 0 spiro atoms. The molecule has 211 valence electrons. The molecular formula is C28H30FN2O7SSi. The van der Waals surface area contributed by atoms with E-state index in [9.17, 15) is 31.7 Å². The van der Waals surface area contributed by atoms with E-state index in [0.29, 0.717) is 11.1 Å². The van der Waals surface area contributed by atoms with Crippen LogP contribution in [0.25, 0.3) is 11.1 Å². The molecule has 0 saturated heterocycles. The summed E-state index contributed by atoms with van der Waals surface area (Å²) in [6.45, 7) is 5.10. The zero-order chi connectivity index (χ0) is 29.8. The van der Waals surface area contributed by atoms with Gasteiger partial charge in [0, 0.05) is 42.3 Å². The fourth-order valence-electron chi connectivity index (χ4n) is 4.18. The second-order valence-electron chi connectivity index (χ2n) is 10.5. The topological polar surface area (TPSA) is 129 Å². The summed E-state index contributed by atoms with van der Waals surface area (Å²) in [5, 5.41) is 0. The van der Waals surface area contributed by atoms with Gasteiger partial charge in [0.2, 0.25) is 0 Å². The molecule has 1 atom stereocenters. The summed E-state index contributed by atoms with van der Waals surface area (Å²) < 4.78 is 56.1. The van der Waals surface area contributed by atoms with Crippen molar-refractivity contribution in [2.45, 2.75) is 44.6 Å². The Balaban J connectivity index is 2.28. The van der Waals surface area contributed by atoms with E-state index in [1.807, 2.05) is 0 Å². The van der Waals surface area contributed by atoms with Gasteiger partial charge < -0.3 is 18.7 Å². The molecular weight excluding hydrogens is 555 g/mol. The van der Waals surface area contributed by atoms with Crippen LogP contribution in [0.1, 0.15) is 60.3 Å². The standard InChI is InChI=1S/C28H30FN2O7SSi/c1-28(2,3)38-26(33)14-24(30-40-37)22-13-25(32)31(4)15-23(22)21-12-17(16-39(5,35)36)6-11-20(21)27(34)18-7-9-19(29)10-8-18/h6-13,15,24,30H,14,16H2,1-5H3/t24-/m0/s1. The molecule has 0 aliphatic heterocycles. The van der Waals surface area contributed by atoms with Crippen molar-refractivity contribution in [2.24, 2.45) is 7.05 Å². The number of nitrogens with zero attached hydrogens (tertiary/aromatic N) is 1. The Morgan fingerprint density at radius 1 is 1.07 bits per heavy atom. The minimum Gasteiger partial charge on any atom is -0.460 e. The summed E-state index contributed by atoms with van der Waals surface area (Å²) in [5.41, 5.74) is 0.401. The third-order valence-corrected chi connectivity index (χ3v) is 7.14. The average Bonchev–Trinajstić information content (AvgIpc) is 2.83. The van der Waals surface area contributed by atoms with E-state index in [4.69, 9.17) is 4.74 Å². The van der Waals surface area contributed by atoms with Gasteiger partial charge in [0.05, 0.1) is 18.2 Å². The number of carbonyl (C=O) groups is 2. The first-order valence-electron chi connectivity index (χ1n) is 12.2. The number of sulfone groups is 1. The van der Waals surface area contributed by atoms with Crippen LogP contribution in [0, 0.1) is 5.82 Å². The lowest BCUT2D eigenvalue weighted by Crippen LogP contribution is -2.30. The first-order chi connectivity index (χ1) is 18.6. The summed E-state index contributed by atoms with van der Waals surface area (Å²) in [4.78, 5) is 41.8. The molecule has 2 aromatic carbocycles. The number of ether oxygens (including phenoxy) is 1. The number of esters is 1. The fraction of sp³-hybridized carbons (Fsp3) is 0.321. The van der Waals surface area contributed by atoms with Crippen LogP contribution in [0.15, 0.2) is 59.5 Å². The molecule has 12 heteroatoms. The van der Waals surface area contributed by atoms with Crippen LogP contribution in [0.3, 0.4) is 0 Å². The maximum Gasteiger partial charge on any atom is 0.463 e. The minimum absolute atomic E-state index is 0.157. The molecule has 0 aliphatic rings. The fourth-order valence-corrected chi connectivity index (χ4v) is 5.36. The van der Waals surface area contributed by atoms with Crippen LogP contribution in [-0.2, 0) is 36.6 Å². The average molecular weight is 586 g/mol. The molecule has 3 rings (SSSR count). The number of benzene rings is 2. The first kappa shape index (κ1) is 30.8. The van der Waals surface area contributed by atoms with E-state index in [-0.39, 0.29) is 34.4 Å². The molecule has 1 aromatic heterocycles. The summed E-state index contributed by atoms with van der Waals surface area (Å²) in [6, 6.07) is 9.81. The smallest absolute Gasteiger partial charge is 0.460 e. The van der Waals surface area contributed by atoms with Crippen molar-refractivity contribution < 1.29 is 31.6 Å². The zero-order valence-electron chi connectivity index (χ0n) is 22.8. The second kappa shape index (κ2) is 12.2. The third kappa shape index (κ3) is 8.12. The normalized spacial score (nSPS) is 12.4. The van der Waals surface area contributed by atoms with Crippen LogP contribution in [0.2, 0.25) is 0 Å². The first-order valence-corrected chi connectivity index (χ1v) is 15.2. The maximum absolute atomic E-state index is 13.6. The van der Waals surface area contributed by atoms with Crippen LogP contribution >= 0.6 is 0 Å². The Labute approximate surface area is 234 Å². The Morgan fingerprint density at radius 2 is 1.73 bits per heavy atom. The van der Waals surface area contributed by atoms with Crippen molar-refractivity contribution in [3.63, 3.8) is 0 Å². The van der Waals surface area contributed by atoms with Crippen molar-refractivity contribution >= 4 is 31.2 Å². The predicted molar refractivity (Wildman–Crippen MR) is 148 cm³/mol. The largest absolute Gasteiger partial charge is 0.463 e. The Kier molecular flexibility index (Phi) is 9.36. The van der Waals surface area contributed by atoms with Gasteiger partial charge in [-0.15, -0.1) is 0 Å². The van der Waals surface area contributed by atoms with Crippen molar-refractivity contribution in [3.8, 4) is 11.1 Å².